The van der Waals surface area contributed by atoms with Crippen molar-refractivity contribution < 1.29 is 23.0 Å². The summed E-state index contributed by atoms with van der Waals surface area (Å²) >= 11 is 0. The second-order valence-electron chi connectivity index (χ2n) is 5.31. The first-order valence-corrected chi connectivity index (χ1v) is 7.26. The molecule has 1 aliphatic heterocycles. The van der Waals surface area contributed by atoms with Crippen LogP contribution in [0.5, 0.6) is 0 Å². The fourth-order valence-electron chi connectivity index (χ4n) is 2.28. The fraction of sp³-hybridized carbons (Fsp3) is 0.333. The van der Waals surface area contributed by atoms with Crippen molar-refractivity contribution in [1.82, 2.24) is 15.1 Å². The highest BCUT2D eigenvalue weighted by molar-refractivity contribution is 5.89. The van der Waals surface area contributed by atoms with Gasteiger partial charge in [-0.1, -0.05) is 0 Å². The molecule has 0 radical (unpaired) electrons. The van der Waals surface area contributed by atoms with E-state index in [0.29, 0.717) is 24.7 Å². The number of amides is 2. The topological polar surface area (TPSA) is 77.4 Å². The molecule has 1 fully saturated rings. The molecule has 128 valence electrons. The van der Waals surface area contributed by atoms with Crippen LogP contribution in [0.15, 0.2) is 24.3 Å². The van der Waals surface area contributed by atoms with Gasteiger partial charge in [0.2, 0.25) is 0 Å². The minimum atomic E-state index is -0.693. The average molecular weight is 338 g/mol. The summed E-state index contributed by atoms with van der Waals surface area (Å²) in [6.07, 6.45) is -0.173. The predicted octanol–water partition coefficient (Wildman–Crippen LogP) is 1.86. The van der Waals surface area contributed by atoms with Gasteiger partial charge in [0.25, 0.3) is 0 Å². The van der Waals surface area contributed by atoms with Crippen LogP contribution in [0.3, 0.4) is 0 Å². The van der Waals surface area contributed by atoms with Crippen molar-refractivity contribution in [2.75, 3.05) is 25.3 Å². The number of aromatic nitrogens is 2. The molecule has 2 heterocycles. The number of rotatable bonds is 4. The average Bonchev–Trinajstić information content (AvgIpc) is 3.15. The molecule has 0 unspecified atom stereocenters. The van der Waals surface area contributed by atoms with Gasteiger partial charge >= 0.3 is 6.03 Å². The monoisotopic (exact) mass is 338 g/mol. The number of carbonyl (C=O) groups excluding carboxylic acids is 1. The van der Waals surface area contributed by atoms with Crippen LogP contribution in [0.4, 0.5) is 19.4 Å². The van der Waals surface area contributed by atoms with E-state index in [2.05, 4.69) is 15.7 Å². The van der Waals surface area contributed by atoms with Gasteiger partial charge in [0, 0.05) is 31.3 Å². The number of anilines is 1. The highest BCUT2D eigenvalue weighted by atomic mass is 19.1. The van der Waals surface area contributed by atoms with Crippen LogP contribution in [0.1, 0.15) is 0 Å². The Morgan fingerprint density at radius 2 is 2.08 bits per heavy atom. The largest absolute Gasteiger partial charge is 0.353 e. The molecule has 1 saturated heterocycles. The summed E-state index contributed by atoms with van der Waals surface area (Å²) in [5, 5.41) is 9.42. The van der Waals surface area contributed by atoms with E-state index in [1.807, 2.05) is 0 Å². The number of nitrogens with zero attached hydrogens (tertiary/aromatic N) is 2. The van der Waals surface area contributed by atoms with E-state index in [0.717, 1.165) is 6.07 Å². The lowest BCUT2D eigenvalue weighted by atomic mass is 10.1. The third kappa shape index (κ3) is 3.87. The molecule has 24 heavy (non-hydrogen) atoms. The quantitative estimate of drug-likeness (QED) is 0.892. The highest BCUT2D eigenvalue weighted by Crippen LogP contribution is 2.23. The van der Waals surface area contributed by atoms with Crippen molar-refractivity contribution in [2.24, 2.45) is 7.05 Å². The lowest BCUT2D eigenvalue weighted by Crippen LogP contribution is -2.36. The summed E-state index contributed by atoms with van der Waals surface area (Å²) in [4.78, 5) is 11.9. The van der Waals surface area contributed by atoms with Gasteiger partial charge in [-0.25, -0.2) is 13.6 Å². The number of benzene rings is 1. The van der Waals surface area contributed by atoms with E-state index in [9.17, 15) is 13.6 Å². The smallest absolute Gasteiger partial charge is 0.320 e. The Kier molecular flexibility index (Phi) is 4.72. The summed E-state index contributed by atoms with van der Waals surface area (Å²) in [5.41, 5.74) is 0.631. The van der Waals surface area contributed by atoms with Gasteiger partial charge in [-0.15, -0.1) is 0 Å². The molecule has 0 bridgehead atoms. The summed E-state index contributed by atoms with van der Waals surface area (Å²) in [6.45, 7) is 0.968. The maximum Gasteiger partial charge on any atom is 0.320 e. The van der Waals surface area contributed by atoms with Crippen LogP contribution >= 0.6 is 0 Å². The Morgan fingerprint density at radius 1 is 1.33 bits per heavy atom. The fourth-order valence-corrected chi connectivity index (χ4v) is 2.28. The van der Waals surface area contributed by atoms with Crippen molar-refractivity contribution in [3.63, 3.8) is 0 Å². The van der Waals surface area contributed by atoms with E-state index < -0.39 is 17.7 Å². The van der Waals surface area contributed by atoms with Gasteiger partial charge in [-0.2, -0.15) is 5.10 Å². The van der Waals surface area contributed by atoms with Crippen molar-refractivity contribution in [2.45, 2.75) is 6.10 Å². The second-order valence-corrected chi connectivity index (χ2v) is 5.31. The molecule has 0 aliphatic carbocycles. The molecule has 2 N–H and O–H groups in total. The van der Waals surface area contributed by atoms with E-state index >= 15 is 0 Å². The number of halogens is 2. The Morgan fingerprint density at radius 3 is 2.75 bits per heavy atom. The standard InChI is InChI=1S/C15H16F2N4O3/c1-21-14(19-15(22)18-6-12-7-23-8-24-12)5-13(20-21)9-2-10(16)4-11(17)3-9/h2-5,12H,6-8H2,1H3,(H2,18,19,22)/t12-/m1/s1. The molecular formula is C15H16F2N4O3. The maximum atomic E-state index is 13.3. The number of urea groups is 1. The molecule has 0 saturated carbocycles. The highest BCUT2D eigenvalue weighted by Gasteiger charge is 2.17. The van der Waals surface area contributed by atoms with E-state index in [-0.39, 0.29) is 18.5 Å². The van der Waals surface area contributed by atoms with Gasteiger partial charge in [-0.05, 0) is 12.1 Å². The molecule has 1 aromatic heterocycles. The van der Waals surface area contributed by atoms with Crippen LogP contribution in [-0.4, -0.2) is 41.9 Å². The zero-order valence-electron chi connectivity index (χ0n) is 12.9. The van der Waals surface area contributed by atoms with Gasteiger partial charge in [-0.3, -0.25) is 10.00 Å². The van der Waals surface area contributed by atoms with Crippen LogP contribution in [0.2, 0.25) is 0 Å². The van der Waals surface area contributed by atoms with E-state index in [4.69, 9.17) is 9.47 Å². The normalized spacial score (nSPS) is 17.0. The molecule has 9 heteroatoms. The van der Waals surface area contributed by atoms with Gasteiger partial charge < -0.3 is 14.8 Å². The molecule has 7 nitrogen and oxygen atoms in total. The summed E-state index contributed by atoms with van der Waals surface area (Å²) in [7, 11) is 1.61. The minimum absolute atomic E-state index is 0.173. The van der Waals surface area contributed by atoms with Gasteiger partial charge in [0.15, 0.2) is 0 Å². The third-order valence-corrected chi connectivity index (χ3v) is 3.46. The minimum Gasteiger partial charge on any atom is -0.353 e. The van der Waals surface area contributed by atoms with Gasteiger partial charge in [0.1, 0.15) is 30.3 Å². The third-order valence-electron chi connectivity index (χ3n) is 3.46. The molecule has 2 amide bonds. The van der Waals surface area contributed by atoms with Crippen molar-refractivity contribution in [3.05, 3.63) is 35.9 Å². The number of aryl methyl sites for hydroxylation is 1. The number of hydrogen-bond donors (Lipinski definition) is 2. The van der Waals surface area contributed by atoms with E-state index in [1.165, 1.54) is 22.9 Å². The number of ether oxygens (including phenoxy) is 2. The molecule has 2 aromatic rings. The van der Waals surface area contributed by atoms with Crippen molar-refractivity contribution >= 4 is 11.8 Å². The molecular weight excluding hydrogens is 322 g/mol. The first-order valence-electron chi connectivity index (χ1n) is 7.26. The summed E-state index contributed by atoms with van der Waals surface area (Å²) < 4.78 is 38.3. The number of hydrogen-bond acceptors (Lipinski definition) is 4. The van der Waals surface area contributed by atoms with Crippen LogP contribution in [-0.2, 0) is 16.5 Å². The zero-order valence-corrected chi connectivity index (χ0v) is 12.9. The molecule has 0 spiro atoms. The maximum absolute atomic E-state index is 13.3. The summed E-state index contributed by atoms with van der Waals surface area (Å²) in [5.74, 6) is -1.00. The lowest BCUT2D eigenvalue weighted by molar-refractivity contribution is 0.0476. The first kappa shape index (κ1) is 16.3. The van der Waals surface area contributed by atoms with E-state index in [1.54, 1.807) is 7.05 Å². The molecule has 1 atom stereocenters. The summed E-state index contributed by atoms with van der Waals surface area (Å²) in [6, 6.07) is 4.22. The Balaban J connectivity index is 1.66. The Labute approximate surface area is 136 Å². The Hall–Kier alpha value is -2.52. The van der Waals surface area contributed by atoms with Crippen LogP contribution in [0.25, 0.3) is 11.3 Å². The molecule has 1 aliphatic rings. The van der Waals surface area contributed by atoms with Crippen LogP contribution < -0.4 is 10.6 Å². The van der Waals surface area contributed by atoms with Gasteiger partial charge in [0.05, 0.1) is 12.3 Å². The lowest BCUT2D eigenvalue weighted by Gasteiger charge is -2.10. The van der Waals surface area contributed by atoms with Crippen LogP contribution in [0, 0.1) is 11.6 Å². The van der Waals surface area contributed by atoms with Crippen molar-refractivity contribution in [1.29, 1.82) is 0 Å². The second kappa shape index (κ2) is 6.93. The number of nitrogens with one attached hydrogen (secondary N) is 2. The molecule has 1 aromatic carbocycles. The van der Waals surface area contributed by atoms with Crippen molar-refractivity contribution in [3.8, 4) is 11.3 Å². The first-order chi connectivity index (χ1) is 11.5. The number of carbonyl (C=O) groups is 1. The molecule has 3 rings (SSSR count). The predicted molar refractivity (Wildman–Crippen MR) is 81.3 cm³/mol. The Bertz CT molecular complexity index is 724. The SMILES string of the molecule is Cn1nc(-c2cc(F)cc(F)c2)cc1NC(=O)NC[C@@H]1COCO1. The zero-order chi connectivity index (χ0) is 17.1.